The molecule has 4 nitrogen and oxygen atoms in total. The highest BCUT2D eigenvalue weighted by molar-refractivity contribution is 6.05. The van der Waals surface area contributed by atoms with Crippen LogP contribution in [0.2, 0.25) is 0 Å². The fraction of sp³-hybridized carbons (Fsp3) is 0.273. The maximum Gasteiger partial charge on any atom is 0.364 e. The maximum atomic E-state index is 12.9. The Balaban J connectivity index is 2.05. The molecular formula is C22H20O4. The number of ketones is 1. The molecule has 0 amide bonds. The molecule has 4 heteroatoms. The molecule has 1 aliphatic heterocycles. The quantitative estimate of drug-likeness (QED) is 0.581. The van der Waals surface area contributed by atoms with Crippen LogP contribution in [0, 0.1) is 11.8 Å². The lowest BCUT2D eigenvalue weighted by atomic mass is 9.89. The predicted molar refractivity (Wildman–Crippen MR) is 97.9 cm³/mol. The Morgan fingerprint density at radius 1 is 1.08 bits per heavy atom. The average Bonchev–Trinajstić information content (AvgIpc) is 2.59. The molecule has 0 aromatic heterocycles. The summed E-state index contributed by atoms with van der Waals surface area (Å²) in [7, 11) is 0. The number of carbonyl (C=O) groups excluding carboxylic acids is 2. The van der Waals surface area contributed by atoms with Gasteiger partial charge in [-0.15, -0.1) is 0 Å². The molecule has 2 aromatic rings. The van der Waals surface area contributed by atoms with Crippen molar-refractivity contribution in [1.29, 1.82) is 0 Å². The van der Waals surface area contributed by atoms with Crippen LogP contribution in [0.4, 0.5) is 0 Å². The van der Waals surface area contributed by atoms with Crippen molar-refractivity contribution in [3.63, 3.8) is 0 Å². The zero-order valence-corrected chi connectivity index (χ0v) is 15.0. The lowest BCUT2D eigenvalue weighted by Crippen LogP contribution is -2.50. The van der Waals surface area contributed by atoms with Crippen molar-refractivity contribution in [1.82, 2.24) is 0 Å². The number of ether oxygens (including phenoxy) is 2. The van der Waals surface area contributed by atoms with Crippen molar-refractivity contribution in [3.8, 4) is 17.6 Å². The molecule has 26 heavy (non-hydrogen) atoms. The van der Waals surface area contributed by atoms with E-state index in [4.69, 9.17) is 9.47 Å². The van der Waals surface area contributed by atoms with Crippen molar-refractivity contribution < 1.29 is 19.1 Å². The van der Waals surface area contributed by atoms with Gasteiger partial charge in [0.1, 0.15) is 11.4 Å². The van der Waals surface area contributed by atoms with E-state index < -0.39 is 17.2 Å². The highest BCUT2D eigenvalue weighted by atomic mass is 16.6. The van der Waals surface area contributed by atoms with Gasteiger partial charge in [0, 0.05) is 5.56 Å². The fourth-order valence-electron chi connectivity index (χ4n) is 2.62. The van der Waals surface area contributed by atoms with E-state index in [1.165, 1.54) is 0 Å². The molecule has 0 fully saturated rings. The first-order valence-electron chi connectivity index (χ1n) is 8.42. The van der Waals surface area contributed by atoms with Gasteiger partial charge in [-0.3, -0.25) is 4.79 Å². The Kier molecular flexibility index (Phi) is 4.56. The molecule has 1 atom stereocenters. The van der Waals surface area contributed by atoms with E-state index in [-0.39, 0.29) is 12.2 Å². The lowest BCUT2D eigenvalue weighted by molar-refractivity contribution is -0.169. The van der Waals surface area contributed by atoms with Crippen LogP contribution >= 0.6 is 0 Å². The number of para-hydroxylation sites is 1. The van der Waals surface area contributed by atoms with Crippen LogP contribution in [0.3, 0.4) is 0 Å². The molecule has 0 N–H and O–H groups in total. The monoisotopic (exact) mass is 348 g/mol. The lowest BCUT2D eigenvalue weighted by Gasteiger charge is -2.34. The van der Waals surface area contributed by atoms with Crippen LogP contribution in [-0.4, -0.2) is 23.0 Å². The third-order valence-electron chi connectivity index (χ3n) is 3.79. The summed E-state index contributed by atoms with van der Waals surface area (Å²) in [5, 5.41) is 0. The molecule has 0 radical (unpaired) electrons. The minimum Gasteiger partial charge on any atom is -0.462 e. The van der Waals surface area contributed by atoms with Crippen LogP contribution in [0.15, 0.2) is 54.6 Å². The summed E-state index contributed by atoms with van der Waals surface area (Å²) in [5.41, 5.74) is -1.20. The van der Waals surface area contributed by atoms with E-state index >= 15 is 0 Å². The van der Waals surface area contributed by atoms with Gasteiger partial charge in [0.05, 0.1) is 12.0 Å². The van der Waals surface area contributed by atoms with E-state index in [2.05, 4.69) is 11.8 Å². The number of hydrogen-bond donors (Lipinski definition) is 0. The first kappa shape index (κ1) is 17.8. The van der Waals surface area contributed by atoms with Gasteiger partial charge < -0.3 is 9.47 Å². The molecule has 1 aliphatic rings. The minimum absolute atomic E-state index is 0.182. The highest BCUT2D eigenvalue weighted by Crippen LogP contribution is 2.34. The van der Waals surface area contributed by atoms with Crippen LogP contribution in [0.25, 0.3) is 0 Å². The van der Waals surface area contributed by atoms with Crippen LogP contribution in [0.5, 0.6) is 5.75 Å². The van der Waals surface area contributed by atoms with Crippen LogP contribution in [0.1, 0.15) is 43.1 Å². The minimum atomic E-state index is -1.66. The Bertz CT molecular complexity index is 897. The number of rotatable bonds is 1. The number of Topliss-reactive ketones (excluding diaryl/α,β-unsaturated/α-hetero) is 1. The predicted octanol–water partition coefficient (Wildman–Crippen LogP) is 3.78. The Morgan fingerprint density at radius 3 is 2.42 bits per heavy atom. The summed E-state index contributed by atoms with van der Waals surface area (Å²) in [6.07, 6.45) is -0.182. The van der Waals surface area contributed by atoms with E-state index in [0.717, 1.165) is 5.56 Å². The first-order chi connectivity index (χ1) is 12.3. The van der Waals surface area contributed by atoms with Gasteiger partial charge >= 0.3 is 5.97 Å². The van der Waals surface area contributed by atoms with E-state index in [1.54, 1.807) is 45.0 Å². The molecule has 3 rings (SSSR count). The summed E-state index contributed by atoms with van der Waals surface area (Å²) < 4.78 is 11.5. The second kappa shape index (κ2) is 6.68. The topological polar surface area (TPSA) is 52.6 Å². The van der Waals surface area contributed by atoms with Crippen molar-refractivity contribution in [2.24, 2.45) is 0 Å². The van der Waals surface area contributed by atoms with E-state index in [0.29, 0.717) is 11.3 Å². The van der Waals surface area contributed by atoms with Gasteiger partial charge in [0.15, 0.2) is 5.78 Å². The van der Waals surface area contributed by atoms with E-state index in [9.17, 15) is 9.59 Å². The van der Waals surface area contributed by atoms with Crippen molar-refractivity contribution in [3.05, 3.63) is 65.7 Å². The molecule has 0 bridgehead atoms. The Labute approximate surface area is 153 Å². The molecule has 0 saturated heterocycles. The highest BCUT2D eigenvalue weighted by Gasteiger charge is 2.48. The molecule has 0 unspecified atom stereocenters. The first-order valence-corrected chi connectivity index (χ1v) is 8.42. The number of fused-ring (bicyclic) bond motifs is 1. The average molecular weight is 348 g/mol. The molecule has 2 aromatic carbocycles. The van der Waals surface area contributed by atoms with Crippen molar-refractivity contribution >= 4 is 11.8 Å². The second-order valence-electron chi connectivity index (χ2n) is 7.14. The zero-order chi connectivity index (χ0) is 18.8. The van der Waals surface area contributed by atoms with Gasteiger partial charge in [-0.2, -0.15) is 0 Å². The van der Waals surface area contributed by atoms with Crippen LogP contribution < -0.4 is 4.74 Å². The van der Waals surface area contributed by atoms with Gasteiger partial charge in [0.25, 0.3) is 5.60 Å². The molecule has 0 spiro atoms. The summed E-state index contributed by atoms with van der Waals surface area (Å²) >= 11 is 0. The van der Waals surface area contributed by atoms with Crippen molar-refractivity contribution in [2.45, 2.75) is 38.4 Å². The number of benzene rings is 2. The van der Waals surface area contributed by atoms with Crippen LogP contribution in [-0.2, 0) is 9.53 Å². The largest absolute Gasteiger partial charge is 0.462 e. The van der Waals surface area contributed by atoms with Gasteiger partial charge in [-0.05, 0) is 51.0 Å². The molecule has 0 aliphatic carbocycles. The maximum absolute atomic E-state index is 12.9. The summed E-state index contributed by atoms with van der Waals surface area (Å²) in [6.45, 7) is 5.30. The van der Waals surface area contributed by atoms with E-state index in [1.807, 2.05) is 30.3 Å². The van der Waals surface area contributed by atoms with Gasteiger partial charge in [-0.25, -0.2) is 4.79 Å². The third kappa shape index (κ3) is 3.78. The molecule has 132 valence electrons. The fourth-order valence-corrected chi connectivity index (χ4v) is 2.62. The molecular weight excluding hydrogens is 328 g/mol. The van der Waals surface area contributed by atoms with Gasteiger partial charge in [0.2, 0.25) is 0 Å². The van der Waals surface area contributed by atoms with Gasteiger partial charge in [-0.1, -0.05) is 36.3 Å². The summed E-state index contributed by atoms with van der Waals surface area (Å²) in [5.74, 6) is 5.32. The summed E-state index contributed by atoms with van der Waals surface area (Å²) in [4.78, 5) is 25.5. The number of hydrogen-bond acceptors (Lipinski definition) is 4. The third-order valence-corrected chi connectivity index (χ3v) is 3.79. The Hall–Kier alpha value is -3.06. The Morgan fingerprint density at radius 2 is 1.73 bits per heavy atom. The normalized spacial score (nSPS) is 18.8. The summed E-state index contributed by atoms with van der Waals surface area (Å²) in [6, 6.07) is 16.1. The second-order valence-corrected chi connectivity index (χ2v) is 7.14. The zero-order valence-electron chi connectivity index (χ0n) is 15.0. The standard InChI is InChI=1S/C22H20O4/c1-21(2,3)26-20(24)22(14-13-16-9-5-4-6-10-16)15-18(23)17-11-7-8-12-19(17)25-22/h4-12H,15H2,1-3H3/t22-/m0/s1. The number of esters is 1. The molecule has 0 saturated carbocycles. The van der Waals surface area contributed by atoms with Crippen molar-refractivity contribution in [2.75, 3.05) is 0 Å². The molecule has 1 heterocycles. The number of carbonyl (C=O) groups is 2. The SMILES string of the molecule is CC(C)(C)OC(=O)[C@]1(C#Cc2ccccc2)CC(=O)c2ccccc2O1. The smallest absolute Gasteiger partial charge is 0.364 e.